The Kier molecular flexibility index (Phi) is 5.03. The van der Waals surface area contributed by atoms with Gasteiger partial charge in [0.05, 0.1) is 14.4 Å². The molecule has 1 amide bonds. The van der Waals surface area contributed by atoms with E-state index in [0.29, 0.717) is 5.69 Å². The van der Waals surface area contributed by atoms with Gasteiger partial charge < -0.3 is 4.90 Å². The van der Waals surface area contributed by atoms with Gasteiger partial charge in [0.25, 0.3) is 5.91 Å². The van der Waals surface area contributed by atoms with Crippen LogP contribution in [0.2, 0.25) is 0 Å². The van der Waals surface area contributed by atoms with E-state index in [0.717, 1.165) is 47.1 Å². The molecule has 1 aliphatic rings. The maximum atomic E-state index is 12.7. The predicted octanol–water partition coefficient (Wildman–Crippen LogP) is 3.92. The Hall–Kier alpha value is -1.48. The van der Waals surface area contributed by atoms with Crippen molar-refractivity contribution in [3.05, 3.63) is 50.1 Å². The fourth-order valence-corrected chi connectivity index (χ4v) is 5.14. The molecule has 0 aromatic carbocycles. The standard InChI is InChI=1S/C17H17BrN4OS2/c18-16-4-3-12(25-16)11-21-5-7-22(8-6-21)17(23)14-10-13(19-20-14)15-2-1-9-24-15/h1-4,9-10H,5-8,11H2,(H,19,20). The first-order valence-corrected chi connectivity index (χ1v) is 10.5. The second-order valence-electron chi connectivity index (χ2n) is 5.92. The fraction of sp³-hybridized carbons (Fsp3) is 0.294. The third-order valence-electron chi connectivity index (χ3n) is 4.25. The van der Waals surface area contributed by atoms with Crippen molar-refractivity contribution >= 4 is 44.5 Å². The number of carbonyl (C=O) groups excluding carboxylic acids is 1. The van der Waals surface area contributed by atoms with Gasteiger partial charge in [-0.25, -0.2) is 0 Å². The van der Waals surface area contributed by atoms with Crippen LogP contribution in [0.25, 0.3) is 10.6 Å². The van der Waals surface area contributed by atoms with E-state index in [9.17, 15) is 4.79 Å². The third-order valence-corrected chi connectivity index (χ3v) is 6.76. The maximum Gasteiger partial charge on any atom is 0.274 e. The molecule has 0 bridgehead atoms. The number of halogens is 1. The Balaban J connectivity index is 1.35. The molecule has 0 aliphatic carbocycles. The Morgan fingerprint density at radius 3 is 2.76 bits per heavy atom. The first-order valence-electron chi connectivity index (χ1n) is 8.04. The Bertz CT molecular complexity index is 850. The molecule has 1 aliphatic heterocycles. The van der Waals surface area contributed by atoms with E-state index in [2.05, 4.69) is 43.2 Å². The molecule has 8 heteroatoms. The van der Waals surface area contributed by atoms with Gasteiger partial charge in [-0.1, -0.05) is 6.07 Å². The summed E-state index contributed by atoms with van der Waals surface area (Å²) >= 11 is 6.91. The summed E-state index contributed by atoms with van der Waals surface area (Å²) in [5.74, 6) is 0.0116. The largest absolute Gasteiger partial charge is 0.335 e. The summed E-state index contributed by atoms with van der Waals surface area (Å²) in [7, 11) is 0. The molecule has 1 fully saturated rings. The summed E-state index contributed by atoms with van der Waals surface area (Å²) in [6.07, 6.45) is 0. The van der Waals surface area contributed by atoms with Crippen molar-refractivity contribution in [2.75, 3.05) is 26.2 Å². The van der Waals surface area contributed by atoms with Gasteiger partial charge in [0.2, 0.25) is 0 Å². The first-order chi connectivity index (χ1) is 12.2. The minimum Gasteiger partial charge on any atom is -0.335 e. The Morgan fingerprint density at radius 2 is 2.08 bits per heavy atom. The van der Waals surface area contributed by atoms with Crippen LogP contribution in [-0.4, -0.2) is 52.1 Å². The van der Waals surface area contributed by atoms with Crippen molar-refractivity contribution in [3.8, 4) is 10.6 Å². The minimum absolute atomic E-state index is 0.0116. The van der Waals surface area contributed by atoms with Gasteiger partial charge in [-0.15, -0.1) is 22.7 Å². The number of rotatable bonds is 4. The summed E-state index contributed by atoms with van der Waals surface area (Å²) in [6.45, 7) is 4.22. The van der Waals surface area contributed by atoms with E-state index in [1.54, 1.807) is 22.7 Å². The van der Waals surface area contributed by atoms with Crippen molar-refractivity contribution in [2.24, 2.45) is 0 Å². The number of carbonyl (C=O) groups is 1. The third kappa shape index (κ3) is 3.87. The van der Waals surface area contributed by atoms with Crippen molar-refractivity contribution < 1.29 is 4.79 Å². The lowest BCUT2D eigenvalue weighted by molar-refractivity contribution is 0.0624. The average molecular weight is 437 g/mol. The predicted molar refractivity (Wildman–Crippen MR) is 105 cm³/mol. The zero-order valence-electron chi connectivity index (χ0n) is 13.4. The van der Waals surface area contributed by atoms with Crippen molar-refractivity contribution in [3.63, 3.8) is 0 Å². The number of amides is 1. The van der Waals surface area contributed by atoms with Crippen LogP contribution < -0.4 is 0 Å². The Morgan fingerprint density at radius 1 is 1.24 bits per heavy atom. The van der Waals surface area contributed by atoms with E-state index in [4.69, 9.17) is 0 Å². The Labute approximate surface area is 162 Å². The van der Waals surface area contributed by atoms with Crippen LogP contribution in [0.1, 0.15) is 15.4 Å². The molecule has 4 rings (SSSR count). The van der Waals surface area contributed by atoms with Gasteiger partial charge in [0.1, 0.15) is 0 Å². The topological polar surface area (TPSA) is 52.2 Å². The highest BCUT2D eigenvalue weighted by Crippen LogP contribution is 2.25. The van der Waals surface area contributed by atoms with Crippen molar-refractivity contribution in [1.29, 1.82) is 0 Å². The number of piperazine rings is 1. The molecular formula is C17H17BrN4OS2. The molecule has 5 nitrogen and oxygen atoms in total. The highest BCUT2D eigenvalue weighted by atomic mass is 79.9. The average Bonchev–Trinajstić information content (AvgIpc) is 3.36. The molecule has 3 aromatic rings. The summed E-state index contributed by atoms with van der Waals surface area (Å²) in [4.78, 5) is 19.4. The van der Waals surface area contributed by atoms with Gasteiger partial charge in [-0.05, 0) is 45.6 Å². The number of H-pyrrole nitrogens is 1. The van der Waals surface area contributed by atoms with Gasteiger partial charge >= 0.3 is 0 Å². The molecule has 0 atom stereocenters. The summed E-state index contributed by atoms with van der Waals surface area (Å²) < 4.78 is 1.16. The zero-order valence-corrected chi connectivity index (χ0v) is 16.7. The van der Waals surface area contributed by atoms with Crippen LogP contribution in [0.4, 0.5) is 0 Å². The lowest BCUT2D eigenvalue weighted by Crippen LogP contribution is -2.48. The van der Waals surface area contributed by atoms with Crippen LogP contribution in [-0.2, 0) is 6.54 Å². The monoisotopic (exact) mass is 436 g/mol. The first kappa shape index (κ1) is 17.0. The number of hydrogen-bond acceptors (Lipinski definition) is 5. The van der Waals surface area contributed by atoms with Crippen LogP contribution >= 0.6 is 38.6 Å². The van der Waals surface area contributed by atoms with E-state index >= 15 is 0 Å². The van der Waals surface area contributed by atoms with Gasteiger partial charge in [-0.2, -0.15) is 5.10 Å². The summed E-state index contributed by atoms with van der Waals surface area (Å²) in [6, 6.07) is 10.1. The molecule has 1 N–H and O–H groups in total. The van der Waals surface area contributed by atoms with E-state index in [1.165, 1.54) is 4.88 Å². The summed E-state index contributed by atoms with van der Waals surface area (Å²) in [5.41, 5.74) is 1.40. The SMILES string of the molecule is O=C(c1cc(-c2cccs2)[nH]n1)N1CCN(Cc2ccc(Br)s2)CC1. The van der Waals surface area contributed by atoms with E-state index < -0.39 is 0 Å². The second kappa shape index (κ2) is 7.41. The van der Waals surface area contributed by atoms with Gasteiger partial charge in [-0.3, -0.25) is 14.8 Å². The van der Waals surface area contributed by atoms with Crippen molar-refractivity contribution in [2.45, 2.75) is 6.54 Å². The number of aromatic nitrogens is 2. The molecule has 0 saturated carbocycles. The fourth-order valence-electron chi connectivity index (χ4n) is 2.92. The zero-order chi connectivity index (χ0) is 17.2. The normalized spacial score (nSPS) is 15.6. The molecule has 3 aromatic heterocycles. The van der Waals surface area contributed by atoms with Crippen LogP contribution in [0.3, 0.4) is 0 Å². The molecule has 4 heterocycles. The van der Waals surface area contributed by atoms with Gasteiger partial charge in [0, 0.05) is 37.6 Å². The molecule has 130 valence electrons. The van der Waals surface area contributed by atoms with Crippen molar-refractivity contribution in [1.82, 2.24) is 20.0 Å². The molecule has 0 unspecified atom stereocenters. The number of thiophene rings is 2. The maximum absolute atomic E-state index is 12.7. The highest BCUT2D eigenvalue weighted by Gasteiger charge is 2.24. The number of nitrogens with zero attached hydrogens (tertiary/aromatic N) is 3. The van der Waals surface area contributed by atoms with E-state index in [-0.39, 0.29) is 5.91 Å². The highest BCUT2D eigenvalue weighted by molar-refractivity contribution is 9.11. The van der Waals surface area contributed by atoms with Gasteiger partial charge in [0.15, 0.2) is 5.69 Å². The molecule has 0 radical (unpaired) electrons. The quantitative estimate of drug-likeness (QED) is 0.673. The molecule has 1 saturated heterocycles. The lowest BCUT2D eigenvalue weighted by Gasteiger charge is -2.34. The number of nitrogens with one attached hydrogen (secondary N) is 1. The van der Waals surface area contributed by atoms with Crippen LogP contribution in [0.5, 0.6) is 0 Å². The van der Waals surface area contributed by atoms with E-state index in [1.807, 2.05) is 28.5 Å². The van der Waals surface area contributed by atoms with Crippen LogP contribution in [0, 0.1) is 0 Å². The molecule has 0 spiro atoms. The number of hydrogen-bond donors (Lipinski definition) is 1. The lowest BCUT2D eigenvalue weighted by atomic mass is 10.2. The number of aromatic amines is 1. The molecular weight excluding hydrogens is 420 g/mol. The minimum atomic E-state index is 0.0116. The smallest absolute Gasteiger partial charge is 0.274 e. The van der Waals surface area contributed by atoms with Crippen LogP contribution in [0.15, 0.2) is 39.5 Å². The second-order valence-corrected chi connectivity index (χ2v) is 9.41. The summed E-state index contributed by atoms with van der Waals surface area (Å²) in [5, 5.41) is 9.20. The molecule has 25 heavy (non-hydrogen) atoms.